The van der Waals surface area contributed by atoms with Crippen LogP contribution in [0.15, 0.2) is 27.2 Å². The van der Waals surface area contributed by atoms with Gasteiger partial charge in [0, 0.05) is 30.0 Å². The number of anilines is 1. The molecule has 0 atom stereocenters. The zero-order valence-corrected chi connectivity index (χ0v) is 11.8. The van der Waals surface area contributed by atoms with Crippen LogP contribution in [0, 0.1) is 6.92 Å². The molecule has 0 aliphatic heterocycles. The van der Waals surface area contributed by atoms with E-state index in [0.29, 0.717) is 30.4 Å². The summed E-state index contributed by atoms with van der Waals surface area (Å²) in [5.41, 5.74) is 0.787. The lowest BCUT2D eigenvalue weighted by atomic mass is 10.2. The van der Waals surface area contributed by atoms with Crippen molar-refractivity contribution in [3.8, 4) is 0 Å². The average Bonchev–Trinajstić information content (AvgIpc) is 2.77. The summed E-state index contributed by atoms with van der Waals surface area (Å²) in [5.74, 6) is 0.142. The van der Waals surface area contributed by atoms with Gasteiger partial charge in [0.15, 0.2) is 5.82 Å². The van der Waals surface area contributed by atoms with Crippen molar-refractivity contribution in [2.75, 3.05) is 11.9 Å². The van der Waals surface area contributed by atoms with Crippen LogP contribution in [0.25, 0.3) is 0 Å². The predicted octanol–water partition coefficient (Wildman–Crippen LogP) is 2.49. The Morgan fingerprint density at radius 3 is 2.95 bits per heavy atom. The number of rotatable bonds is 5. The zero-order valence-electron chi connectivity index (χ0n) is 10.2. The third-order valence-electron chi connectivity index (χ3n) is 2.45. The van der Waals surface area contributed by atoms with E-state index in [1.54, 1.807) is 25.1 Å². The second kappa shape index (κ2) is 5.83. The fraction of sp³-hybridized carbons (Fsp3) is 0.250. The van der Waals surface area contributed by atoms with Crippen molar-refractivity contribution >= 4 is 27.6 Å². The summed E-state index contributed by atoms with van der Waals surface area (Å²) in [6.07, 6.45) is 0.562. The summed E-state index contributed by atoms with van der Waals surface area (Å²) in [6.45, 7) is 2.25. The Balaban J connectivity index is 2.01. The Labute approximate surface area is 118 Å². The highest BCUT2D eigenvalue weighted by atomic mass is 79.9. The Morgan fingerprint density at radius 1 is 1.53 bits per heavy atom. The van der Waals surface area contributed by atoms with Crippen LogP contribution in [-0.4, -0.2) is 27.8 Å². The number of nitrogens with zero attached hydrogens (tertiary/aromatic N) is 2. The van der Waals surface area contributed by atoms with E-state index in [1.807, 2.05) is 0 Å². The number of carboxylic acids is 1. The number of aromatic nitrogens is 2. The van der Waals surface area contributed by atoms with Gasteiger partial charge in [-0.25, -0.2) is 4.79 Å². The summed E-state index contributed by atoms with van der Waals surface area (Å²) in [7, 11) is 0. The number of aryl methyl sites for hydroxylation is 1. The van der Waals surface area contributed by atoms with Crippen LogP contribution in [0.4, 0.5) is 5.69 Å². The van der Waals surface area contributed by atoms with Gasteiger partial charge in [0.25, 0.3) is 0 Å². The molecule has 0 unspecified atom stereocenters. The number of halogens is 1. The van der Waals surface area contributed by atoms with Crippen molar-refractivity contribution in [1.82, 2.24) is 10.1 Å². The van der Waals surface area contributed by atoms with E-state index in [9.17, 15) is 4.79 Å². The summed E-state index contributed by atoms with van der Waals surface area (Å²) in [4.78, 5) is 15.2. The van der Waals surface area contributed by atoms with E-state index >= 15 is 0 Å². The van der Waals surface area contributed by atoms with Gasteiger partial charge in [0.1, 0.15) is 0 Å². The molecule has 1 aromatic heterocycles. The van der Waals surface area contributed by atoms with Crippen LogP contribution in [0.3, 0.4) is 0 Å². The van der Waals surface area contributed by atoms with Gasteiger partial charge in [-0.3, -0.25) is 0 Å². The maximum absolute atomic E-state index is 11.1. The van der Waals surface area contributed by atoms with Crippen LogP contribution < -0.4 is 5.32 Å². The lowest BCUT2D eigenvalue weighted by Gasteiger charge is -2.08. The highest BCUT2D eigenvalue weighted by Gasteiger charge is 2.10. The summed E-state index contributed by atoms with van der Waals surface area (Å²) in [6, 6.07) is 5.06. The van der Waals surface area contributed by atoms with Crippen molar-refractivity contribution in [2.45, 2.75) is 13.3 Å². The Bertz CT molecular complexity index is 598. The van der Waals surface area contributed by atoms with Crippen LogP contribution in [-0.2, 0) is 6.42 Å². The Hall–Kier alpha value is -1.89. The number of aromatic carboxylic acids is 1. The molecular weight excluding hydrogens is 314 g/mol. The third-order valence-corrected chi connectivity index (χ3v) is 2.94. The summed E-state index contributed by atoms with van der Waals surface area (Å²) in [5, 5.41) is 15.9. The van der Waals surface area contributed by atoms with E-state index in [2.05, 4.69) is 31.4 Å². The smallest absolute Gasteiger partial charge is 0.337 e. The number of carbonyl (C=O) groups is 1. The topological polar surface area (TPSA) is 88.2 Å². The van der Waals surface area contributed by atoms with E-state index in [4.69, 9.17) is 9.63 Å². The van der Waals surface area contributed by atoms with Crippen molar-refractivity contribution in [2.24, 2.45) is 0 Å². The molecule has 0 radical (unpaired) electrons. The number of carboxylic acid groups (broad SMARTS) is 1. The SMILES string of the molecule is Cc1nc(CCNc2ccc(Br)cc2C(=O)O)no1. The molecule has 0 bridgehead atoms. The molecule has 0 saturated carbocycles. The molecule has 0 aliphatic rings. The van der Waals surface area contributed by atoms with Gasteiger partial charge in [-0.2, -0.15) is 4.98 Å². The van der Waals surface area contributed by atoms with Crippen molar-refractivity contribution in [1.29, 1.82) is 0 Å². The fourth-order valence-corrected chi connectivity index (χ4v) is 1.96. The molecule has 6 nitrogen and oxygen atoms in total. The lowest BCUT2D eigenvalue weighted by molar-refractivity contribution is 0.0698. The first kappa shape index (κ1) is 13.5. The van der Waals surface area contributed by atoms with E-state index < -0.39 is 5.97 Å². The normalized spacial score (nSPS) is 10.4. The van der Waals surface area contributed by atoms with Gasteiger partial charge >= 0.3 is 5.97 Å². The molecular formula is C12H12BrN3O3. The standard InChI is InChI=1S/C12H12BrN3O3/c1-7-15-11(16-19-7)4-5-14-10-3-2-8(13)6-9(10)12(17)18/h2-3,6,14H,4-5H2,1H3,(H,17,18). The first-order valence-corrected chi connectivity index (χ1v) is 6.41. The molecule has 100 valence electrons. The molecule has 1 heterocycles. The minimum Gasteiger partial charge on any atom is -0.478 e. The molecule has 0 fully saturated rings. The van der Waals surface area contributed by atoms with Gasteiger partial charge in [-0.05, 0) is 18.2 Å². The molecule has 19 heavy (non-hydrogen) atoms. The summed E-state index contributed by atoms with van der Waals surface area (Å²) >= 11 is 3.25. The lowest BCUT2D eigenvalue weighted by Crippen LogP contribution is -2.10. The van der Waals surface area contributed by atoms with Crippen molar-refractivity contribution in [3.05, 3.63) is 40.0 Å². The second-order valence-corrected chi connectivity index (χ2v) is 4.82. The Morgan fingerprint density at radius 2 is 2.32 bits per heavy atom. The fourth-order valence-electron chi connectivity index (χ4n) is 1.60. The molecule has 7 heteroatoms. The van der Waals surface area contributed by atoms with Gasteiger partial charge in [-0.1, -0.05) is 21.1 Å². The van der Waals surface area contributed by atoms with E-state index in [0.717, 1.165) is 4.47 Å². The maximum Gasteiger partial charge on any atom is 0.337 e. The average molecular weight is 326 g/mol. The van der Waals surface area contributed by atoms with E-state index in [1.165, 1.54) is 0 Å². The number of nitrogens with one attached hydrogen (secondary N) is 1. The molecule has 0 aliphatic carbocycles. The Kier molecular flexibility index (Phi) is 4.16. The minimum absolute atomic E-state index is 0.221. The molecule has 0 saturated heterocycles. The first-order chi connectivity index (χ1) is 9.06. The quantitative estimate of drug-likeness (QED) is 0.878. The molecule has 2 rings (SSSR count). The highest BCUT2D eigenvalue weighted by molar-refractivity contribution is 9.10. The zero-order chi connectivity index (χ0) is 13.8. The minimum atomic E-state index is -0.973. The third kappa shape index (κ3) is 3.54. The van der Waals surface area contributed by atoms with Gasteiger partial charge in [0.2, 0.25) is 5.89 Å². The number of benzene rings is 1. The van der Waals surface area contributed by atoms with Crippen LogP contribution in [0.2, 0.25) is 0 Å². The van der Waals surface area contributed by atoms with Crippen LogP contribution in [0.1, 0.15) is 22.1 Å². The monoisotopic (exact) mass is 325 g/mol. The number of hydrogen-bond acceptors (Lipinski definition) is 5. The van der Waals surface area contributed by atoms with Crippen molar-refractivity contribution < 1.29 is 14.4 Å². The first-order valence-electron chi connectivity index (χ1n) is 5.62. The molecule has 0 spiro atoms. The molecule has 0 amide bonds. The predicted molar refractivity (Wildman–Crippen MR) is 72.3 cm³/mol. The molecule has 1 aromatic carbocycles. The van der Waals surface area contributed by atoms with Gasteiger partial charge in [-0.15, -0.1) is 0 Å². The van der Waals surface area contributed by atoms with Gasteiger partial charge in [0.05, 0.1) is 5.56 Å². The van der Waals surface area contributed by atoms with Crippen LogP contribution in [0.5, 0.6) is 0 Å². The van der Waals surface area contributed by atoms with Crippen molar-refractivity contribution in [3.63, 3.8) is 0 Å². The maximum atomic E-state index is 11.1. The molecule has 2 aromatic rings. The van der Waals surface area contributed by atoms with E-state index in [-0.39, 0.29) is 5.56 Å². The largest absolute Gasteiger partial charge is 0.478 e. The summed E-state index contributed by atoms with van der Waals surface area (Å²) < 4.78 is 5.58. The molecule has 2 N–H and O–H groups in total. The number of hydrogen-bond donors (Lipinski definition) is 2. The van der Waals surface area contributed by atoms with Crippen LogP contribution >= 0.6 is 15.9 Å². The second-order valence-electron chi connectivity index (χ2n) is 3.90. The highest BCUT2D eigenvalue weighted by Crippen LogP contribution is 2.21. The van der Waals surface area contributed by atoms with Gasteiger partial charge < -0.3 is 14.9 Å².